The number of carbonyl (C=O) groups is 2. The normalized spacial score (nSPS) is 17.9. The zero-order valence-electron chi connectivity index (χ0n) is 28.4. The Morgan fingerprint density at radius 3 is 2.59 bits per heavy atom. The number of rotatable bonds is 9. The molecule has 1 aliphatic heterocycles. The number of ether oxygens (including phenoxy) is 1. The number of benzene rings is 2. The van der Waals surface area contributed by atoms with Crippen LogP contribution in [0.15, 0.2) is 84.0 Å². The van der Waals surface area contributed by atoms with Crippen molar-refractivity contribution in [3.05, 3.63) is 117 Å². The quantitative estimate of drug-likeness (QED) is 0.184. The lowest BCUT2D eigenvalue weighted by Crippen LogP contribution is -2.62. The van der Waals surface area contributed by atoms with Gasteiger partial charge >= 0.3 is 6.09 Å². The number of piperazine rings is 1. The molecule has 0 radical (unpaired) electrons. The number of halogens is 2. The van der Waals surface area contributed by atoms with Gasteiger partial charge in [-0.1, -0.05) is 48.0 Å². The highest BCUT2D eigenvalue weighted by Gasteiger charge is 2.43. The fourth-order valence-corrected chi connectivity index (χ4v) is 7.46. The first-order valence-corrected chi connectivity index (χ1v) is 18.2. The van der Waals surface area contributed by atoms with E-state index in [1.807, 2.05) is 66.9 Å². The number of aryl methyl sites for hydroxylation is 3. The fourth-order valence-electron chi connectivity index (χ4n) is 6.89. The zero-order valence-corrected chi connectivity index (χ0v) is 30.7. The summed E-state index contributed by atoms with van der Waals surface area (Å²) in [5.41, 5.74) is 4.90. The minimum atomic E-state index is -0.745. The second-order valence-electron chi connectivity index (χ2n) is 13.8. The minimum absolute atomic E-state index is 0.0777. The summed E-state index contributed by atoms with van der Waals surface area (Å²) in [6.45, 7) is 8.63. The summed E-state index contributed by atoms with van der Waals surface area (Å²) >= 11 is 10.1. The van der Waals surface area contributed by atoms with Crippen LogP contribution < -0.4 is 0 Å². The third-order valence-electron chi connectivity index (χ3n) is 9.21. The lowest BCUT2D eigenvalue weighted by molar-refractivity contribution is -0.139. The van der Waals surface area contributed by atoms with Gasteiger partial charge in [-0.05, 0) is 103 Å². The van der Waals surface area contributed by atoms with Crippen LogP contribution in [0.1, 0.15) is 61.2 Å². The molecule has 1 unspecified atom stereocenters. The molecule has 258 valence electrons. The predicted octanol–water partition coefficient (Wildman–Crippen LogP) is 6.96. The molecule has 0 N–H and O–H groups in total. The Morgan fingerprint density at radius 2 is 1.84 bits per heavy atom. The second kappa shape index (κ2) is 15.4. The van der Waals surface area contributed by atoms with Gasteiger partial charge in [-0.2, -0.15) is 0 Å². The number of nitrogens with zero attached hydrogens (tertiary/aromatic N) is 6. The summed E-state index contributed by atoms with van der Waals surface area (Å²) in [6, 6.07) is 17.5. The van der Waals surface area contributed by atoms with Gasteiger partial charge in [0, 0.05) is 67.4 Å². The van der Waals surface area contributed by atoms with E-state index in [1.54, 1.807) is 17.4 Å². The maximum atomic E-state index is 14.9. The van der Waals surface area contributed by atoms with Crippen molar-refractivity contribution in [1.82, 2.24) is 29.2 Å². The summed E-state index contributed by atoms with van der Waals surface area (Å²) in [5, 5.41) is 0.699. The van der Waals surface area contributed by atoms with E-state index in [0.717, 1.165) is 52.7 Å². The van der Waals surface area contributed by atoms with E-state index >= 15 is 0 Å². The van der Waals surface area contributed by atoms with E-state index < -0.39 is 17.7 Å². The third kappa shape index (κ3) is 8.71. The molecule has 0 saturated carbocycles. The van der Waals surface area contributed by atoms with Crippen LogP contribution in [0.3, 0.4) is 0 Å². The summed E-state index contributed by atoms with van der Waals surface area (Å²) in [7, 11) is 0. The molecule has 2 aromatic heterocycles. The summed E-state index contributed by atoms with van der Waals surface area (Å²) in [6.07, 6.45) is 9.99. The van der Waals surface area contributed by atoms with E-state index in [0.29, 0.717) is 44.2 Å². The molecule has 11 heteroatoms. The van der Waals surface area contributed by atoms with Gasteiger partial charge in [0.05, 0.1) is 18.1 Å². The molecule has 1 aliphatic carbocycles. The number of carbonyl (C=O) groups excluding carboxylic acids is 2. The molecule has 2 aliphatic rings. The Bertz CT molecular complexity index is 1690. The molecule has 49 heavy (non-hydrogen) atoms. The van der Waals surface area contributed by atoms with Crippen LogP contribution in [0.2, 0.25) is 5.02 Å². The van der Waals surface area contributed by atoms with E-state index in [2.05, 4.69) is 56.1 Å². The number of hydrogen-bond acceptors (Lipinski definition) is 6. The summed E-state index contributed by atoms with van der Waals surface area (Å²) in [5.74, 6) is -0.0777. The lowest BCUT2D eigenvalue weighted by Gasteiger charge is -2.45. The first-order chi connectivity index (χ1) is 23.6. The smallest absolute Gasteiger partial charge is 0.411 e. The number of aromatic nitrogens is 3. The number of amides is 2. The van der Waals surface area contributed by atoms with Crippen molar-refractivity contribution in [3.63, 3.8) is 0 Å². The maximum Gasteiger partial charge on any atom is 0.411 e. The first-order valence-electron chi connectivity index (χ1n) is 17.0. The minimum Gasteiger partial charge on any atom is -0.444 e. The van der Waals surface area contributed by atoms with E-state index in [4.69, 9.17) is 21.3 Å². The topological polar surface area (TPSA) is 83.8 Å². The van der Waals surface area contributed by atoms with Crippen LogP contribution in [0.25, 0.3) is 0 Å². The molecule has 0 bridgehead atoms. The monoisotopic (exact) mass is 746 g/mol. The van der Waals surface area contributed by atoms with Crippen molar-refractivity contribution in [2.45, 2.75) is 70.7 Å². The number of fused-ring (bicyclic) bond motifs is 2. The largest absolute Gasteiger partial charge is 0.444 e. The van der Waals surface area contributed by atoms with Crippen LogP contribution in [0.5, 0.6) is 0 Å². The van der Waals surface area contributed by atoms with Crippen molar-refractivity contribution >= 4 is 39.5 Å². The Morgan fingerprint density at radius 1 is 1.04 bits per heavy atom. The van der Waals surface area contributed by atoms with Crippen LogP contribution >= 0.6 is 27.5 Å². The van der Waals surface area contributed by atoms with E-state index in [-0.39, 0.29) is 11.9 Å². The second-order valence-corrected chi connectivity index (χ2v) is 15.2. The van der Waals surface area contributed by atoms with Crippen molar-refractivity contribution in [1.29, 1.82) is 0 Å². The van der Waals surface area contributed by atoms with E-state index in [1.165, 1.54) is 5.56 Å². The SMILES string of the molecule is CC(C)(C)OC(=O)N1CCN(C2c3ccc(Cl)cc3CCc3cc(Br)cnc32)C[C@@H]1C(=O)N(CCCn1ccnc1)CCc1ccccc1. The number of hydrogen-bond donors (Lipinski definition) is 0. The average molecular weight is 748 g/mol. The third-order valence-corrected chi connectivity index (χ3v) is 9.88. The molecule has 1 fully saturated rings. The highest BCUT2D eigenvalue weighted by Crippen LogP contribution is 2.39. The molecule has 1 saturated heterocycles. The van der Waals surface area contributed by atoms with Gasteiger partial charge in [0.15, 0.2) is 0 Å². The molecular formula is C38H44BrClN6O3. The molecule has 4 aromatic rings. The van der Waals surface area contributed by atoms with Gasteiger partial charge in [0.1, 0.15) is 11.6 Å². The Hall–Kier alpha value is -3.73. The maximum absolute atomic E-state index is 14.9. The van der Waals surface area contributed by atoms with Crippen LogP contribution in [-0.2, 0) is 35.3 Å². The molecule has 9 nitrogen and oxygen atoms in total. The van der Waals surface area contributed by atoms with Crippen molar-refractivity contribution in [2.75, 3.05) is 32.7 Å². The molecule has 6 rings (SSSR count). The first kappa shape index (κ1) is 35.1. The van der Waals surface area contributed by atoms with Gasteiger partial charge < -0.3 is 14.2 Å². The van der Waals surface area contributed by atoms with Gasteiger partial charge in [-0.25, -0.2) is 9.78 Å². The molecule has 2 amide bonds. The van der Waals surface area contributed by atoms with Gasteiger partial charge in [0.2, 0.25) is 5.91 Å². The van der Waals surface area contributed by atoms with Crippen LogP contribution in [0, 0.1) is 0 Å². The Balaban J connectivity index is 1.34. The standard InChI is InChI=1S/C38H44BrClN6O3/c1-38(2,3)49-37(48)46-21-20-45(35-32-13-12-31(40)23-28(32)10-11-29-22-30(39)24-42-34(29)35)25-33(46)36(47)44(17-7-16-43-19-15-41-26-43)18-14-27-8-5-4-6-9-27/h4-6,8-9,12-13,15,19,22-24,26,33,35H,7,10-11,14,16-18,20-21,25H2,1-3H3/t33-,35?/m1/s1. The molecule has 2 aromatic carbocycles. The molecular weight excluding hydrogens is 704 g/mol. The highest BCUT2D eigenvalue weighted by molar-refractivity contribution is 9.10. The molecule has 2 atom stereocenters. The molecule has 3 heterocycles. The average Bonchev–Trinajstić information content (AvgIpc) is 3.54. The van der Waals surface area contributed by atoms with Gasteiger partial charge in [-0.15, -0.1) is 0 Å². The predicted molar refractivity (Wildman–Crippen MR) is 195 cm³/mol. The van der Waals surface area contributed by atoms with Crippen molar-refractivity contribution in [2.24, 2.45) is 0 Å². The summed E-state index contributed by atoms with van der Waals surface area (Å²) < 4.78 is 8.85. The van der Waals surface area contributed by atoms with E-state index in [9.17, 15) is 9.59 Å². The van der Waals surface area contributed by atoms with Gasteiger partial charge in [0.25, 0.3) is 0 Å². The lowest BCUT2D eigenvalue weighted by atomic mass is 9.95. The van der Waals surface area contributed by atoms with Crippen molar-refractivity contribution in [3.8, 4) is 0 Å². The summed E-state index contributed by atoms with van der Waals surface area (Å²) in [4.78, 5) is 43.7. The van der Waals surface area contributed by atoms with Gasteiger partial charge in [-0.3, -0.25) is 19.6 Å². The fraction of sp³-hybridized carbons (Fsp3) is 0.421. The number of imidazole rings is 1. The highest BCUT2D eigenvalue weighted by atomic mass is 79.9. The van der Waals surface area contributed by atoms with Crippen LogP contribution in [-0.4, -0.2) is 85.6 Å². The zero-order chi connectivity index (χ0) is 34.5. The Kier molecular flexibility index (Phi) is 11.1. The Labute approximate surface area is 302 Å². The van der Waals surface area contributed by atoms with Crippen molar-refractivity contribution < 1.29 is 14.3 Å². The number of pyridine rings is 1. The van der Waals surface area contributed by atoms with Crippen LogP contribution in [0.4, 0.5) is 4.79 Å². The molecule has 0 spiro atoms.